The molecular weight excluding hydrogens is 437 g/mol. The predicted molar refractivity (Wildman–Crippen MR) is 129 cm³/mol. The van der Waals surface area contributed by atoms with E-state index in [2.05, 4.69) is 21.8 Å². The molecule has 0 unspecified atom stereocenters. The molecule has 3 heterocycles. The molecule has 0 saturated carbocycles. The number of halogens is 1. The van der Waals surface area contributed by atoms with Crippen LogP contribution in [0, 0.1) is 18.7 Å². The number of aromatic nitrogens is 2. The van der Waals surface area contributed by atoms with Crippen molar-refractivity contribution in [3.8, 4) is 23.1 Å². The molecule has 7 nitrogen and oxygen atoms in total. The average Bonchev–Trinajstić information content (AvgIpc) is 2.85. The molecule has 0 spiro atoms. The molecular formula is C26H26FN3O4. The van der Waals surface area contributed by atoms with Gasteiger partial charge in [-0.1, -0.05) is 25.5 Å². The summed E-state index contributed by atoms with van der Waals surface area (Å²) in [6.07, 6.45) is 3.16. The first-order valence-electron chi connectivity index (χ1n) is 11.5. The van der Waals surface area contributed by atoms with Gasteiger partial charge in [0, 0.05) is 29.6 Å². The molecule has 2 aromatic heterocycles. The Morgan fingerprint density at radius 3 is 2.68 bits per heavy atom. The lowest BCUT2D eigenvalue weighted by molar-refractivity contribution is 0.376. The van der Waals surface area contributed by atoms with Crippen LogP contribution in [0.25, 0.3) is 33.0 Å². The molecule has 2 aromatic carbocycles. The zero-order valence-electron chi connectivity index (χ0n) is 19.4. The third-order valence-electron chi connectivity index (χ3n) is 6.79. The van der Waals surface area contributed by atoms with Gasteiger partial charge in [-0.05, 0) is 49.3 Å². The summed E-state index contributed by atoms with van der Waals surface area (Å²) in [4.78, 5) is 24.4. The first-order chi connectivity index (χ1) is 16.4. The fourth-order valence-electron chi connectivity index (χ4n) is 4.89. The van der Waals surface area contributed by atoms with Crippen LogP contribution in [-0.4, -0.2) is 35.3 Å². The lowest BCUT2D eigenvalue weighted by atomic mass is 9.94. The molecule has 1 aliphatic rings. The number of phenolic OH excluding ortho intramolecular Hbond substituents is 1. The van der Waals surface area contributed by atoms with Crippen molar-refractivity contribution < 1.29 is 18.7 Å². The summed E-state index contributed by atoms with van der Waals surface area (Å²) in [5, 5.41) is 11.3. The van der Waals surface area contributed by atoms with E-state index in [0.29, 0.717) is 28.2 Å². The fraction of sp³-hybridized carbons (Fsp3) is 0.346. The second-order valence-corrected chi connectivity index (χ2v) is 8.77. The Bertz CT molecular complexity index is 1460. The van der Waals surface area contributed by atoms with Gasteiger partial charge in [0.05, 0.1) is 12.6 Å². The van der Waals surface area contributed by atoms with Gasteiger partial charge >= 0.3 is 11.6 Å². The summed E-state index contributed by atoms with van der Waals surface area (Å²) in [5.74, 6) is 0.765. The maximum Gasteiger partial charge on any atom is 0.349 e. The molecule has 176 valence electrons. The minimum Gasteiger partial charge on any atom is -0.508 e. The van der Waals surface area contributed by atoms with E-state index >= 15 is 0 Å². The highest BCUT2D eigenvalue weighted by atomic mass is 19.1. The average molecular weight is 464 g/mol. The van der Waals surface area contributed by atoms with Crippen molar-refractivity contribution >= 4 is 27.5 Å². The zero-order valence-corrected chi connectivity index (χ0v) is 19.4. The van der Waals surface area contributed by atoms with E-state index in [0.717, 1.165) is 32.4 Å². The van der Waals surface area contributed by atoms with E-state index in [9.17, 15) is 14.3 Å². The SMILES string of the molecule is CCC1CCN(c2nc(OC)nc3c(C)c(-c4cc(O)cc5cccc(F)c45)oc(=O)c23)CC1. The standard InChI is InChI=1S/C26H26FN3O4/c1-4-15-8-10-30(11-9-15)24-21-22(28-26(29-24)33-3)14(2)23(34-25(21)32)18-13-17(31)12-16-6-5-7-19(27)20(16)18/h5-7,12-13,15,31H,4,8-11H2,1-3H3. The monoisotopic (exact) mass is 463 g/mol. The van der Waals surface area contributed by atoms with E-state index in [1.807, 2.05) is 0 Å². The van der Waals surface area contributed by atoms with E-state index < -0.39 is 11.4 Å². The number of hydrogen-bond donors (Lipinski definition) is 1. The smallest absolute Gasteiger partial charge is 0.349 e. The van der Waals surface area contributed by atoms with Gasteiger partial charge in [-0.15, -0.1) is 0 Å². The highest BCUT2D eigenvalue weighted by Crippen LogP contribution is 2.38. The number of fused-ring (bicyclic) bond motifs is 2. The maximum absolute atomic E-state index is 14.8. The van der Waals surface area contributed by atoms with Gasteiger partial charge in [0.15, 0.2) is 5.82 Å². The summed E-state index contributed by atoms with van der Waals surface area (Å²) in [6, 6.07) is 7.61. The molecule has 0 aliphatic carbocycles. The van der Waals surface area contributed by atoms with Gasteiger partial charge in [-0.3, -0.25) is 0 Å². The molecule has 4 aromatic rings. The zero-order chi connectivity index (χ0) is 24.0. The molecule has 34 heavy (non-hydrogen) atoms. The van der Waals surface area contributed by atoms with E-state index in [-0.39, 0.29) is 33.9 Å². The largest absolute Gasteiger partial charge is 0.508 e. The summed E-state index contributed by atoms with van der Waals surface area (Å²) in [5.41, 5.74) is 0.597. The third kappa shape index (κ3) is 3.63. The summed E-state index contributed by atoms with van der Waals surface area (Å²) in [7, 11) is 1.48. The van der Waals surface area contributed by atoms with Crippen LogP contribution in [-0.2, 0) is 0 Å². The van der Waals surface area contributed by atoms with Crippen molar-refractivity contribution in [1.29, 1.82) is 0 Å². The minimum atomic E-state index is -0.612. The Morgan fingerprint density at radius 1 is 1.21 bits per heavy atom. The molecule has 1 aliphatic heterocycles. The molecule has 0 atom stereocenters. The first-order valence-corrected chi connectivity index (χ1v) is 11.5. The van der Waals surface area contributed by atoms with Crippen LogP contribution in [0.3, 0.4) is 0 Å². The van der Waals surface area contributed by atoms with Gasteiger partial charge in [0.25, 0.3) is 0 Å². The highest BCUT2D eigenvalue weighted by Gasteiger charge is 2.26. The maximum atomic E-state index is 14.8. The Kier molecular flexibility index (Phi) is 5.59. The number of aromatic hydroxyl groups is 1. The first kappa shape index (κ1) is 22.1. The molecule has 0 radical (unpaired) electrons. The van der Waals surface area contributed by atoms with Gasteiger partial charge in [-0.25, -0.2) is 9.18 Å². The Morgan fingerprint density at radius 2 is 1.97 bits per heavy atom. The number of nitrogens with zero attached hydrogens (tertiary/aromatic N) is 3. The number of methoxy groups -OCH3 is 1. The van der Waals surface area contributed by atoms with Crippen LogP contribution >= 0.6 is 0 Å². The molecule has 1 N–H and O–H groups in total. The number of phenols is 1. The molecule has 0 amide bonds. The Hall–Kier alpha value is -3.68. The Balaban J connectivity index is 1.76. The Labute approximate surface area is 195 Å². The van der Waals surface area contributed by atoms with Crippen LogP contribution in [0.5, 0.6) is 11.8 Å². The second kappa shape index (κ2) is 8.59. The topological polar surface area (TPSA) is 88.7 Å². The third-order valence-corrected chi connectivity index (χ3v) is 6.79. The van der Waals surface area contributed by atoms with E-state index in [1.54, 1.807) is 19.1 Å². The lowest BCUT2D eigenvalue weighted by Gasteiger charge is -2.32. The number of rotatable bonds is 4. The number of hydrogen-bond acceptors (Lipinski definition) is 7. The number of aryl methyl sites for hydroxylation is 1. The van der Waals surface area contributed by atoms with Gasteiger partial charge < -0.3 is 19.2 Å². The summed E-state index contributed by atoms with van der Waals surface area (Å²) in [6.45, 7) is 5.50. The van der Waals surface area contributed by atoms with Crippen molar-refractivity contribution in [1.82, 2.24) is 9.97 Å². The fourth-order valence-corrected chi connectivity index (χ4v) is 4.89. The molecule has 8 heteroatoms. The molecule has 0 bridgehead atoms. The van der Waals surface area contributed by atoms with Gasteiger partial charge in [0.2, 0.25) is 0 Å². The van der Waals surface area contributed by atoms with Crippen molar-refractivity contribution in [3.63, 3.8) is 0 Å². The van der Waals surface area contributed by atoms with Gasteiger partial charge in [0.1, 0.15) is 22.7 Å². The van der Waals surface area contributed by atoms with E-state index in [4.69, 9.17) is 9.15 Å². The summed E-state index contributed by atoms with van der Waals surface area (Å²) >= 11 is 0. The summed E-state index contributed by atoms with van der Waals surface area (Å²) < 4.78 is 26.0. The van der Waals surface area contributed by atoms with E-state index in [1.165, 1.54) is 25.3 Å². The van der Waals surface area contributed by atoms with Crippen molar-refractivity contribution in [3.05, 3.63) is 52.1 Å². The quantitative estimate of drug-likeness (QED) is 0.445. The van der Waals surface area contributed by atoms with Crippen molar-refractivity contribution in [2.75, 3.05) is 25.1 Å². The van der Waals surface area contributed by atoms with Crippen LogP contribution < -0.4 is 15.3 Å². The molecule has 1 fully saturated rings. The van der Waals surface area contributed by atoms with Crippen LogP contribution in [0.4, 0.5) is 10.2 Å². The predicted octanol–water partition coefficient (Wildman–Crippen LogP) is 5.19. The van der Waals surface area contributed by atoms with Crippen LogP contribution in [0.1, 0.15) is 31.7 Å². The van der Waals surface area contributed by atoms with Gasteiger partial charge in [-0.2, -0.15) is 9.97 Å². The van der Waals surface area contributed by atoms with Crippen LogP contribution in [0.2, 0.25) is 0 Å². The molecule has 5 rings (SSSR count). The molecule has 1 saturated heterocycles. The lowest BCUT2D eigenvalue weighted by Crippen LogP contribution is -2.35. The highest BCUT2D eigenvalue weighted by molar-refractivity contribution is 6.00. The van der Waals surface area contributed by atoms with Crippen molar-refractivity contribution in [2.45, 2.75) is 33.1 Å². The number of piperidine rings is 1. The minimum absolute atomic E-state index is 0.0602. The normalized spacial score (nSPS) is 14.8. The number of anilines is 1. The number of benzene rings is 2. The van der Waals surface area contributed by atoms with Crippen molar-refractivity contribution in [2.24, 2.45) is 5.92 Å². The van der Waals surface area contributed by atoms with Crippen LogP contribution in [0.15, 0.2) is 39.5 Å². The number of ether oxygens (including phenoxy) is 1. The second-order valence-electron chi connectivity index (χ2n) is 8.77.